The van der Waals surface area contributed by atoms with Crippen molar-refractivity contribution in [1.29, 1.82) is 0 Å². The van der Waals surface area contributed by atoms with Crippen LogP contribution < -0.4 is 5.32 Å². The van der Waals surface area contributed by atoms with E-state index in [4.69, 9.17) is 5.11 Å². The Hall–Kier alpha value is -1.91. The third-order valence-electron chi connectivity index (χ3n) is 3.70. The average molecular weight is 265 g/mol. The van der Waals surface area contributed by atoms with E-state index in [0.29, 0.717) is 18.4 Å². The smallest absolute Gasteiger partial charge is 0.311 e. The van der Waals surface area contributed by atoms with E-state index in [1.807, 2.05) is 0 Å². The van der Waals surface area contributed by atoms with Crippen LogP contribution >= 0.6 is 0 Å². The number of carboxylic acids is 1. The van der Waals surface area contributed by atoms with E-state index in [2.05, 4.69) is 5.32 Å². The molecule has 5 heteroatoms. The van der Waals surface area contributed by atoms with Crippen molar-refractivity contribution in [2.24, 2.45) is 5.41 Å². The highest BCUT2D eigenvalue weighted by Gasteiger charge is 2.44. The monoisotopic (exact) mass is 265 g/mol. The molecule has 2 N–H and O–H groups in total. The van der Waals surface area contributed by atoms with Crippen molar-refractivity contribution >= 4 is 11.9 Å². The Morgan fingerprint density at radius 2 is 2.00 bits per heavy atom. The zero-order chi connectivity index (χ0) is 13.9. The van der Waals surface area contributed by atoms with Crippen LogP contribution in [-0.4, -0.2) is 23.5 Å². The number of carboxylic acid groups (broad SMARTS) is 1. The fourth-order valence-electron chi connectivity index (χ4n) is 2.21. The number of nitrogens with one attached hydrogen (secondary N) is 1. The molecule has 0 bridgehead atoms. The van der Waals surface area contributed by atoms with Gasteiger partial charge in [0.1, 0.15) is 5.82 Å². The van der Waals surface area contributed by atoms with E-state index < -0.39 is 17.2 Å². The lowest BCUT2D eigenvalue weighted by Gasteiger charge is -2.37. The summed E-state index contributed by atoms with van der Waals surface area (Å²) in [6, 6.07) is 6.07. The molecular weight excluding hydrogens is 249 g/mol. The van der Waals surface area contributed by atoms with Crippen LogP contribution in [0.25, 0.3) is 0 Å². The van der Waals surface area contributed by atoms with Gasteiger partial charge in [-0.3, -0.25) is 9.59 Å². The van der Waals surface area contributed by atoms with Gasteiger partial charge in [-0.25, -0.2) is 4.39 Å². The second kappa shape index (κ2) is 5.38. The van der Waals surface area contributed by atoms with Crippen LogP contribution in [0.1, 0.15) is 24.8 Å². The van der Waals surface area contributed by atoms with Crippen LogP contribution in [0.5, 0.6) is 0 Å². The van der Waals surface area contributed by atoms with Crippen molar-refractivity contribution in [2.75, 3.05) is 6.54 Å². The Kier molecular flexibility index (Phi) is 3.83. The van der Waals surface area contributed by atoms with E-state index in [0.717, 1.165) is 6.42 Å². The molecule has 0 aliphatic heterocycles. The lowest BCUT2D eigenvalue weighted by Crippen LogP contribution is -2.47. The molecular formula is C14H16FNO3. The van der Waals surface area contributed by atoms with E-state index in [1.165, 1.54) is 6.07 Å². The lowest BCUT2D eigenvalue weighted by molar-refractivity contribution is -0.154. The maximum atomic E-state index is 13.4. The molecule has 0 atom stereocenters. The van der Waals surface area contributed by atoms with Crippen LogP contribution in [0.15, 0.2) is 24.3 Å². The van der Waals surface area contributed by atoms with Gasteiger partial charge in [0.05, 0.1) is 11.8 Å². The molecule has 2 rings (SSSR count). The van der Waals surface area contributed by atoms with E-state index >= 15 is 0 Å². The van der Waals surface area contributed by atoms with Gasteiger partial charge in [0, 0.05) is 6.54 Å². The predicted molar refractivity (Wildman–Crippen MR) is 67.0 cm³/mol. The SMILES string of the molecule is O=C(Cc1ccccc1F)NCC1(C(=O)O)CCC1. The molecule has 0 aromatic heterocycles. The zero-order valence-electron chi connectivity index (χ0n) is 10.5. The quantitative estimate of drug-likeness (QED) is 0.852. The third-order valence-corrected chi connectivity index (χ3v) is 3.70. The molecule has 19 heavy (non-hydrogen) atoms. The van der Waals surface area contributed by atoms with Crippen molar-refractivity contribution in [3.05, 3.63) is 35.6 Å². The lowest BCUT2D eigenvalue weighted by atomic mass is 9.69. The molecule has 0 heterocycles. The van der Waals surface area contributed by atoms with Gasteiger partial charge in [-0.05, 0) is 24.5 Å². The summed E-state index contributed by atoms with van der Waals surface area (Å²) in [5, 5.41) is 11.7. The molecule has 1 fully saturated rings. The normalized spacial score (nSPS) is 16.5. The molecule has 1 aliphatic carbocycles. The predicted octanol–water partition coefficient (Wildman–Crippen LogP) is 1.74. The van der Waals surface area contributed by atoms with Crippen molar-refractivity contribution in [3.8, 4) is 0 Å². The first-order chi connectivity index (χ1) is 9.03. The van der Waals surface area contributed by atoms with Crippen LogP contribution in [0.4, 0.5) is 4.39 Å². The number of amides is 1. The molecule has 1 saturated carbocycles. The number of aliphatic carboxylic acids is 1. The van der Waals surface area contributed by atoms with Crippen molar-refractivity contribution in [2.45, 2.75) is 25.7 Å². The Balaban J connectivity index is 1.89. The summed E-state index contributed by atoms with van der Waals surface area (Å²) in [4.78, 5) is 22.8. The molecule has 0 radical (unpaired) electrons. The molecule has 1 amide bonds. The summed E-state index contributed by atoms with van der Waals surface area (Å²) in [5.41, 5.74) is -0.497. The Morgan fingerprint density at radius 3 is 2.53 bits per heavy atom. The summed E-state index contributed by atoms with van der Waals surface area (Å²) < 4.78 is 13.4. The minimum atomic E-state index is -0.870. The summed E-state index contributed by atoms with van der Waals surface area (Å²) in [6.45, 7) is 0.121. The zero-order valence-corrected chi connectivity index (χ0v) is 10.5. The number of hydrogen-bond donors (Lipinski definition) is 2. The number of rotatable bonds is 5. The van der Waals surface area contributed by atoms with Crippen molar-refractivity contribution in [1.82, 2.24) is 5.32 Å². The fourth-order valence-corrected chi connectivity index (χ4v) is 2.21. The fraction of sp³-hybridized carbons (Fsp3) is 0.429. The van der Waals surface area contributed by atoms with Crippen LogP contribution in [-0.2, 0) is 16.0 Å². The standard InChI is InChI=1S/C14H16FNO3/c15-11-5-2-1-4-10(11)8-12(17)16-9-14(13(18)19)6-3-7-14/h1-2,4-5H,3,6-9H2,(H,16,17)(H,18,19). The number of benzene rings is 1. The molecule has 1 aliphatic rings. The first-order valence-electron chi connectivity index (χ1n) is 6.27. The van der Waals surface area contributed by atoms with Crippen LogP contribution in [0.2, 0.25) is 0 Å². The minimum absolute atomic E-state index is 0.0671. The van der Waals surface area contributed by atoms with Gasteiger partial charge < -0.3 is 10.4 Å². The molecule has 0 unspecified atom stereocenters. The maximum absolute atomic E-state index is 13.4. The highest BCUT2D eigenvalue weighted by Crippen LogP contribution is 2.40. The first kappa shape index (κ1) is 13.5. The van der Waals surface area contributed by atoms with Gasteiger partial charge in [-0.1, -0.05) is 24.6 Å². The van der Waals surface area contributed by atoms with Gasteiger partial charge in [0.15, 0.2) is 0 Å². The van der Waals surface area contributed by atoms with Gasteiger partial charge in [0.25, 0.3) is 0 Å². The molecule has 1 aromatic rings. The minimum Gasteiger partial charge on any atom is -0.481 e. The summed E-state index contributed by atoms with van der Waals surface area (Å²) in [5.74, 6) is -1.64. The Bertz CT molecular complexity index is 497. The maximum Gasteiger partial charge on any atom is 0.311 e. The van der Waals surface area contributed by atoms with Crippen LogP contribution in [0, 0.1) is 11.2 Å². The topological polar surface area (TPSA) is 66.4 Å². The second-order valence-electron chi connectivity index (χ2n) is 4.98. The average Bonchev–Trinajstić information content (AvgIpc) is 2.30. The summed E-state index contributed by atoms with van der Waals surface area (Å²) in [7, 11) is 0. The number of halogens is 1. The molecule has 4 nitrogen and oxygen atoms in total. The van der Waals surface area contributed by atoms with Gasteiger partial charge in [-0.2, -0.15) is 0 Å². The Labute approximate surface area is 110 Å². The second-order valence-corrected chi connectivity index (χ2v) is 4.98. The first-order valence-corrected chi connectivity index (χ1v) is 6.27. The van der Waals surface area contributed by atoms with Crippen molar-refractivity contribution in [3.63, 3.8) is 0 Å². The van der Waals surface area contributed by atoms with Gasteiger partial charge >= 0.3 is 5.97 Å². The van der Waals surface area contributed by atoms with E-state index in [9.17, 15) is 14.0 Å². The van der Waals surface area contributed by atoms with E-state index in [1.54, 1.807) is 18.2 Å². The largest absolute Gasteiger partial charge is 0.481 e. The number of carbonyl (C=O) groups is 2. The molecule has 102 valence electrons. The molecule has 0 saturated heterocycles. The summed E-state index contributed by atoms with van der Waals surface area (Å²) >= 11 is 0. The number of carbonyl (C=O) groups excluding carboxylic acids is 1. The van der Waals surface area contributed by atoms with Gasteiger partial charge in [0.2, 0.25) is 5.91 Å². The van der Waals surface area contributed by atoms with E-state index in [-0.39, 0.29) is 18.9 Å². The third kappa shape index (κ3) is 2.92. The molecule has 1 aromatic carbocycles. The molecule has 0 spiro atoms. The van der Waals surface area contributed by atoms with Gasteiger partial charge in [-0.15, -0.1) is 0 Å². The number of hydrogen-bond acceptors (Lipinski definition) is 2. The highest BCUT2D eigenvalue weighted by atomic mass is 19.1. The van der Waals surface area contributed by atoms with Crippen LogP contribution in [0.3, 0.4) is 0 Å². The highest BCUT2D eigenvalue weighted by molar-refractivity contribution is 5.81. The van der Waals surface area contributed by atoms with Crippen molar-refractivity contribution < 1.29 is 19.1 Å². The summed E-state index contributed by atoms with van der Waals surface area (Å²) in [6.07, 6.45) is 1.97. The Morgan fingerprint density at radius 1 is 1.32 bits per heavy atom.